The topological polar surface area (TPSA) is 52.8 Å². The van der Waals surface area contributed by atoms with Gasteiger partial charge in [0.15, 0.2) is 0 Å². The normalized spacial score (nSPS) is 43.2. The molecular formula is C10H17NO2. The zero-order chi connectivity index (χ0) is 9.26. The zero-order valence-electron chi connectivity index (χ0n) is 7.82. The molecule has 3 nitrogen and oxygen atoms in total. The highest BCUT2D eigenvalue weighted by Gasteiger charge is 2.38. The first-order valence-electron chi connectivity index (χ1n) is 5.22. The minimum atomic E-state index is -0.259. The molecule has 2 aliphatic carbocycles. The fourth-order valence-corrected chi connectivity index (χ4v) is 2.91. The Hall–Kier alpha value is -0.570. The van der Waals surface area contributed by atoms with Gasteiger partial charge in [-0.3, -0.25) is 0 Å². The van der Waals surface area contributed by atoms with Crippen LogP contribution in [0.25, 0.3) is 0 Å². The molecule has 0 bridgehead atoms. The first kappa shape index (κ1) is 9.00. The number of aliphatic hydroxyl groups excluding tert-OH is 1. The summed E-state index contributed by atoms with van der Waals surface area (Å²) < 4.78 is 0. The average Bonchev–Trinajstić information content (AvgIpc) is 2.17. The average molecular weight is 183 g/mol. The third kappa shape index (κ3) is 1.57. The van der Waals surface area contributed by atoms with E-state index in [-0.39, 0.29) is 12.0 Å². The van der Waals surface area contributed by atoms with Crippen LogP contribution >= 0.6 is 0 Å². The Balaban J connectivity index is 2.16. The van der Waals surface area contributed by atoms with E-state index < -0.39 is 0 Å². The van der Waals surface area contributed by atoms with Crippen LogP contribution in [-0.4, -0.2) is 22.1 Å². The SMILES string of the molecule is O/N=C1\CCC[C@H]2CCC[C@@H](O)[C@H]12. The zero-order valence-corrected chi connectivity index (χ0v) is 7.82. The van der Waals surface area contributed by atoms with Crippen molar-refractivity contribution < 1.29 is 10.3 Å². The van der Waals surface area contributed by atoms with Crippen LogP contribution in [0.15, 0.2) is 5.16 Å². The van der Waals surface area contributed by atoms with Gasteiger partial charge in [0.25, 0.3) is 0 Å². The fraction of sp³-hybridized carbons (Fsp3) is 0.900. The Bertz CT molecular complexity index is 213. The number of hydrogen-bond donors (Lipinski definition) is 2. The quantitative estimate of drug-likeness (QED) is 0.444. The summed E-state index contributed by atoms with van der Waals surface area (Å²) in [6.07, 6.45) is 6.12. The number of nitrogens with zero attached hydrogens (tertiary/aromatic N) is 1. The van der Waals surface area contributed by atoms with Crippen molar-refractivity contribution in [3.63, 3.8) is 0 Å². The van der Waals surface area contributed by atoms with Gasteiger partial charge in [0, 0.05) is 5.92 Å². The second kappa shape index (κ2) is 3.66. The molecule has 2 saturated carbocycles. The molecule has 0 radical (unpaired) electrons. The van der Waals surface area contributed by atoms with E-state index >= 15 is 0 Å². The summed E-state index contributed by atoms with van der Waals surface area (Å²) >= 11 is 0. The van der Waals surface area contributed by atoms with E-state index in [0.717, 1.165) is 31.4 Å². The highest BCUT2D eigenvalue weighted by molar-refractivity contribution is 5.87. The van der Waals surface area contributed by atoms with Crippen LogP contribution in [0.5, 0.6) is 0 Å². The number of oxime groups is 1. The molecule has 0 unspecified atom stereocenters. The monoisotopic (exact) mass is 183 g/mol. The summed E-state index contributed by atoms with van der Waals surface area (Å²) in [5.74, 6) is 0.732. The van der Waals surface area contributed by atoms with Crippen LogP contribution in [0.1, 0.15) is 38.5 Å². The van der Waals surface area contributed by atoms with Crippen LogP contribution in [0, 0.1) is 11.8 Å². The summed E-state index contributed by atoms with van der Waals surface area (Å²) in [6.45, 7) is 0. The lowest BCUT2D eigenvalue weighted by molar-refractivity contribution is 0.0554. The number of aliphatic hydroxyl groups is 1. The molecule has 3 atom stereocenters. The Morgan fingerprint density at radius 1 is 1.15 bits per heavy atom. The van der Waals surface area contributed by atoms with Gasteiger partial charge in [0.2, 0.25) is 0 Å². The van der Waals surface area contributed by atoms with Gasteiger partial charge in [-0.05, 0) is 38.0 Å². The standard InChI is InChI=1S/C10H17NO2/c12-9-6-2-4-7-3-1-5-8(11-13)10(7)9/h7,9-10,12-13H,1-6H2/b11-8+/t7-,9+,10-/m0/s1. The molecule has 0 aromatic heterocycles. The van der Waals surface area contributed by atoms with Gasteiger partial charge in [-0.2, -0.15) is 0 Å². The molecule has 2 rings (SSSR count). The molecule has 3 heteroatoms. The van der Waals surface area contributed by atoms with Crippen LogP contribution in [0.4, 0.5) is 0 Å². The van der Waals surface area contributed by atoms with Gasteiger partial charge in [0.05, 0.1) is 11.8 Å². The van der Waals surface area contributed by atoms with E-state index in [4.69, 9.17) is 5.21 Å². The van der Waals surface area contributed by atoms with Gasteiger partial charge in [-0.25, -0.2) is 0 Å². The minimum Gasteiger partial charge on any atom is -0.411 e. The molecule has 2 N–H and O–H groups in total. The molecule has 0 aromatic rings. The second-order valence-electron chi connectivity index (χ2n) is 4.27. The van der Waals surface area contributed by atoms with Gasteiger partial charge >= 0.3 is 0 Å². The maximum atomic E-state index is 9.81. The van der Waals surface area contributed by atoms with Gasteiger partial charge < -0.3 is 10.3 Å². The molecule has 0 heterocycles. The van der Waals surface area contributed by atoms with Crippen LogP contribution in [0.2, 0.25) is 0 Å². The maximum Gasteiger partial charge on any atom is 0.0630 e. The molecule has 2 aliphatic rings. The molecule has 2 fully saturated rings. The van der Waals surface area contributed by atoms with Crippen molar-refractivity contribution in [2.75, 3.05) is 0 Å². The lowest BCUT2D eigenvalue weighted by atomic mass is 9.68. The summed E-state index contributed by atoms with van der Waals surface area (Å²) in [6, 6.07) is 0. The fourth-order valence-electron chi connectivity index (χ4n) is 2.91. The second-order valence-corrected chi connectivity index (χ2v) is 4.27. The summed E-state index contributed by atoms with van der Waals surface area (Å²) in [5.41, 5.74) is 0.837. The summed E-state index contributed by atoms with van der Waals surface area (Å²) in [5, 5.41) is 22.0. The molecule has 0 aliphatic heterocycles. The lowest BCUT2D eigenvalue weighted by Crippen LogP contribution is -2.40. The number of rotatable bonds is 0. The van der Waals surface area contributed by atoms with Crippen molar-refractivity contribution >= 4 is 5.71 Å². The summed E-state index contributed by atoms with van der Waals surface area (Å²) in [7, 11) is 0. The minimum absolute atomic E-state index is 0.160. The van der Waals surface area contributed by atoms with Gasteiger partial charge in [-0.1, -0.05) is 11.6 Å². The first-order valence-corrected chi connectivity index (χ1v) is 5.22. The predicted octanol–water partition coefficient (Wildman–Crippen LogP) is 1.78. The Labute approximate surface area is 78.4 Å². The van der Waals surface area contributed by atoms with E-state index in [0.29, 0.717) is 5.92 Å². The Morgan fingerprint density at radius 3 is 2.69 bits per heavy atom. The van der Waals surface area contributed by atoms with E-state index in [1.807, 2.05) is 0 Å². The number of fused-ring (bicyclic) bond motifs is 1. The predicted molar refractivity (Wildman–Crippen MR) is 49.9 cm³/mol. The number of hydrogen-bond acceptors (Lipinski definition) is 3. The molecule has 0 aromatic carbocycles. The largest absolute Gasteiger partial charge is 0.411 e. The van der Waals surface area contributed by atoms with Crippen molar-refractivity contribution in [2.45, 2.75) is 44.6 Å². The highest BCUT2D eigenvalue weighted by Crippen LogP contribution is 2.39. The van der Waals surface area contributed by atoms with Crippen LogP contribution in [0.3, 0.4) is 0 Å². The molecular weight excluding hydrogens is 166 g/mol. The third-order valence-electron chi connectivity index (χ3n) is 3.52. The van der Waals surface area contributed by atoms with Crippen molar-refractivity contribution in [3.05, 3.63) is 0 Å². The molecule has 0 saturated heterocycles. The Kier molecular flexibility index (Phi) is 2.54. The third-order valence-corrected chi connectivity index (χ3v) is 3.52. The van der Waals surface area contributed by atoms with E-state index in [1.165, 1.54) is 12.8 Å². The van der Waals surface area contributed by atoms with Crippen LogP contribution < -0.4 is 0 Å². The molecule has 74 valence electrons. The van der Waals surface area contributed by atoms with Gasteiger partial charge in [0.1, 0.15) is 0 Å². The van der Waals surface area contributed by atoms with E-state index in [9.17, 15) is 5.11 Å². The first-order chi connectivity index (χ1) is 6.33. The summed E-state index contributed by atoms with van der Waals surface area (Å²) in [4.78, 5) is 0. The molecule has 0 spiro atoms. The van der Waals surface area contributed by atoms with E-state index in [2.05, 4.69) is 5.16 Å². The van der Waals surface area contributed by atoms with Crippen molar-refractivity contribution in [1.82, 2.24) is 0 Å². The van der Waals surface area contributed by atoms with Crippen molar-refractivity contribution in [1.29, 1.82) is 0 Å². The van der Waals surface area contributed by atoms with Crippen LogP contribution in [-0.2, 0) is 0 Å². The smallest absolute Gasteiger partial charge is 0.0630 e. The van der Waals surface area contributed by atoms with Crippen molar-refractivity contribution in [2.24, 2.45) is 17.0 Å². The van der Waals surface area contributed by atoms with Gasteiger partial charge in [-0.15, -0.1) is 0 Å². The van der Waals surface area contributed by atoms with E-state index in [1.54, 1.807) is 0 Å². The van der Waals surface area contributed by atoms with Crippen molar-refractivity contribution in [3.8, 4) is 0 Å². The Morgan fingerprint density at radius 2 is 1.92 bits per heavy atom. The molecule has 13 heavy (non-hydrogen) atoms. The highest BCUT2D eigenvalue weighted by atomic mass is 16.4. The molecule has 0 amide bonds. The lowest BCUT2D eigenvalue weighted by Gasteiger charge is -2.39. The maximum absolute atomic E-state index is 9.81.